The van der Waals surface area contributed by atoms with Crippen molar-refractivity contribution >= 4 is 11.6 Å². The Kier molecular flexibility index (Phi) is 2.13. The van der Waals surface area contributed by atoms with Crippen molar-refractivity contribution in [2.24, 2.45) is 4.99 Å². The number of nitro groups is 2. The highest BCUT2D eigenvalue weighted by Gasteiger charge is 2.30. The summed E-state index contributed by atoms with van der Waals surface area (Å²) in [6.45, 7) is 0. The van der Waals surface area contributed by atoms with Crippen molar-refractivity contribution in [3.05, 3.63) is 32.1 Å². The van der Waals surface area contributed by atoms with Gasteiger partial charge in [0.1, 0.15) is 0 Å². The summed E-state index contributed by atoms with van der Waals surface area (Å²) in [7, 11) is 0. The Bertz CT molecular complexity index is 355. The van der Waals surface area contributed by atoms with Crippen LogP contribution in [0.15, 0.2) is 16.9 Å². The number of amidine groups is 1. The van der Waals surface area contributed by atoms with Gasteiger partial charge in [0.2, 0.25) is 0 Å². The van der Waals surface area contributed by atoms with Gasteiger partial charge < -0.3 is 20.2 Å². The zero-order valence-corrected chi connectivity index (χ0v) is 6.17. The highest BCUT2D eigenvalue weighted by molar-refractivity contribution is 6.36. The molecule has 0 fully saturated rings. The molecule has 0 saturated carbocycles. The fourth-order valence-electron chi connectivity index (χ4n) is 0.750. The Labute approximate surface area is 70.9 Å². The van der Waals surface area contributed by atoms with E-state index < -0.39 is 27.3 Å². The first-order valence-corrected chi connectivity index (χ1v) is 3.13. The predicted octanol–water partition coefficient (Wildman–Crippen LogP) is -0.248. The largest absolute Gasteiger partial charge is 0.411 e. The minimum absolute atomic E-state index is 0.351. The molecule has 1 aliphatic rings. The molecule has 0 atom stereocenters. The van der Waals surface area contributed by atoms with Crippen LogP contribution in [0.5, 0.6) is 0 Å². The number of hydrogen-bond acceptors (Lipinski definition) is 6. The lowest BCUT2D eigenvalue weighted by Crippen LogP contribution is -2.26. The predicted molar refractivity (Wildman–Crippen MR) is 39.1 cm³/mol. The van der Waals surface area contributed by atoms with Crippen molar-refractivity contribution in [1.29, 1.82) is 0 Å². The highest BCUT2D eigenvalue weighted by Crippen LogP contribution is 2.08. The first-order chi connectivity index (χ1) is 6.02. The fraction of sp³-hybridized carbons (Fsp3) is 0.200. The van der Waals surface area contributed by atoms with Crippen molar-refractivity contribution in [3.8, 4) is 0 Å². The van der Waals surface area contributed by atoms with Gasteiger partial charge in [-0.2, -0.15) is 0 Å². The van der Waals surface area contributed by atoms with Crippen LogP contribution < -0.4 is 0 Å². The number of ketones is 1. The Balaban J connectivity index is 3.05. The maximum absolute atomic E-state index is 10.8. The molecule has 0 bridgehead atoms. The Morgan fingerprint density at radius 3 is 2.38 bits per heavy atom. The molecule has 0 aromatic rings. The van der Waals surface area contributed by atoms with Crippen molar-refractivity contribution in [2.45, 2.75) is 6.42 Å². The molecule has 0 aromatic heterocycles. The maximum atomic E-state index is 10.8. The number of hydrogen-bond donors (Lipinski definition) is 0. The van der Waals surface area contributed by atoms with E-state index >= 15 is 0 Å². The summed E-state index contributed by atoms with van der Waals surface area (Å²) in [6, 6.07) is 0. The second kappa shape index (κ2) is 3.09. The monoisotopic (exact) mass is 185 g/mol. The van der Waals surface area contributed by atoms with E-state index in [4.69, 9.17) is 0 Å². The Morgan fingerprint density at radius 1 is 1.31 bits per heavy atom. The lowest BCUT2D eigenvalue weighted by molar-refractivity contribution is -0.428. The van der Waals surface area contributed by atoms with Gasteiger partial charge in [-0.3, -0.25) is 4.79 Å². The van der Waals surface area contributed by atoms with Crippen molar-refractivity contribution in [2.75, 3.05) is 0 Å². The molecule has 0 saturated heterocycles. The second-order valence-corrected chi connectivity index (χ2v) is 2.14. The molecule has 8 heteroatoms. The summed E-state index contributed by atoms with van der Waals surface area (Å²) in [4.78, 5) is 32.1. The molecule has 0 spiro atoms. The van der Waals surface area contributed by atoms with Crippen LogP contribution >= 0.6 is 0 Å². The normalized spacial score (nSPS) is 16.2. The van der Waals surface area contributed by atoms with E-state index in [9.17, 15) is 25.0 Å². The third-order valence-corrected chi connectivity index (χ3v) is 1.30. The Morgan fingerprint density at radius 2 is 1.92 bits per heavy atom. The van der Waals surface area contributed by atoms with Gasteiger partial charge in [0.15, 0.2) is 0 Å². The van der Waals surface area contributed by atoms with Crippen molar-refractivity contribution in [3.63, 3.8) is 0 Å². The number of carbonyl (C=O) groups excluding carboxylic acids is 1. The zero-order valence-electron chi connectivity index (χ0n) is 6.17. The molecule has 0 N–H and O–H groups in total. The van der Waals surface area contributed by atoms with E-state index in [0.717, 1.165) is 6.08 Å². The average molecular weight is 185 g/mol. The molecule has 0 radical (unpaired) electrons. The van der Waals surface area contributed by atoms with E-state index in [1.165, 1.54) is 0 Å². The molecular weight excluding hydrogens is 182 g/mol. The van der Waals surface area contributed by atoms with Gasteiger partial charge in [0, 0.05) is 17.5 Å². The van der Waals surface area contributed by atoms with E-state index in [1.54, 1.807) is 0 Å². The average Bonchev–Trinajstić information content (AvgIpc) is 2.04. The van der Waals surface area contributed by atoms with E-state index in [0.29, 0.717) is 0 Å². The number of aliphatic imine (C=N–C) groups is 1. The second-order valence-electron chi connectivity index (χ2n) is 2.14. The number of rotatable bonds is 1. The van der Waals surface area contributed by atoms with E-state index in [1.807, 2.05) is 0 Å². The van der Waals surface area contributed by atoms with Gasteiger partial charge in [-0.05, 0) is 9.85 Å². The molecule has 0 unspecified atom stereocenters. The quantitative estimate of drug-likeness (QED) is 0.412. The topological polar surface area (TPSA) is 116 Å². The minimum Gasteiger partial charge on any atom is -0.358 e. The molecular formula is C5H3N3O5. The van der Waals surface area contributed by atoms with Gasteiger partial charge in [-0.1, -0.05) is 0 Å². The van der Waals surface area contributed by atoms with Crippen LogP contribution in [0.2, 0.25) is 0 Å². The summed E-state index contributed by atoms with van der Waals surface area (Å²) >= 11 is 0. The van der Waals surface area contributed by atoms with Gasteiger partial charge in [0.25, 0.3) is 5.78 Å². The highest BCUT2D eigenvalue weighted by atomic mass is 16.6. The molecule has 1 rings (SSSR count). The summed E-state index contributed by atoms with van der Waals surface area (Å²) in [5.41, 5.74) is 0. The summed E-state index contributed by atoms with van der Waals surface area (Å²) in [5.74, 6) is -2.46. The van der Waals surface area contributed by atoms with Gasteiger partial charge in [-0.25, -0.2) is 0 Å². The fourth-order valence-corrected chi connectivity index (χ4v) is 0.750. The van der Waals surface area contributed by atoms with Crippen LogP contribution in [-0.2, 0) is 4.79 Å². The lowest BCUT2D eigenvalue weighted by atomic mass is 10.2. The van der Waals surface area contributed by atoms with Crippen LogP contribution in [-0.4, -0.2) is 21.5 Å². The molecule has 8 nitrogen and oxygen atoms in total. The van der Waals surface area contributed by atoms with Crippen LogP contribution in [0.3, 0.4) is 0 Å². The molecule has 68 valence electrons. The first kappa shape index (κ1) is 8.97. The van der Waals surface area contributed by atoms with Crippen LogP contribution in [0.4, 0.5) is 0 Å². The Hall–Kier alpha value is -2.12. The standard InChI is InChI=1S/C5H3N3O5/c9-3-1-2-4(7(10)11)6-5(3)8(12)13/h2H,1H2. The minimum atomic E-state index is -1.03. The van der Waals surface area contributed by atoms with Gasteiger partial charge in [-0.15, -0.1) is 0 Å². The van der Waals surface area contributed by atoms with Crippen LogP contribution in [0, 0.1) is 20.2 Å². The molecule has 0 amide bonds. The van der Waals surface area contributed by atoms with Crippen molar-refractivity contribution in [1.82, 2.24) is 0 Å². The number of allylic oxidation sites excluding steroid dienone is 1. The van der Waals surface area contributed by atoms with E-state index in [-0.39, 0.29) is 6.42 Å². The summed E-state index contributed by atoms with van der Waals surface area (Å²) < 4.78 is 0. The SMILES string of the molecule is O=C1CC=C([N+](=O)[O-])N=C1[N+](=O)[O-]. The molecule has 0 aromatic carbocycles. The van der Waals surface area contributed by atoms with Gasteiger partial charge >= 0.3 is 11.7 Å². The molecule has 0 aliphatic carbocycles. The molecule has 13 heavy (non-hydrogen) atoms. The zero-order chi connectivity index (χ0) is 10.0. The summed E-state index contributed by atoms with van der Waals surface area (Å²) in [6.07, 6.45) is 0.589. The summed E-state index contributed by atoms with van der Waals surface area (Å²) in [5, 5.41) is 20.3. The number of Topliss-reactive ketones (excluding diaryl/α,β-unsaturated/α-hetero) is 1. The molecule has 1 heterocycles. The maximum Gasteiger partial charge on any atom is 0.411 e. The van der Waals surface area contributed by atoms with Crippen LogP contribution in [0.25, 0.3) is 0 Å². The molecule has 1 aliphatic heterocycles. The number of carbonyl (C=O) groups is 1. The number of nitrogens with zero attached hydrogens (tertiary/aromatic N) is 3. The third kappa shape index (κ3) is 1.72. The first-order valence-electron chi connectivity index (χ1n) is 3.13. The third-order valence-electron chi connectivity index (χ3n) is 1.30. The lowest BCUT2D eigenvalue weighted by Gasteiger charge is -2.00. The van der Waals surface area contributed by atoms with Crippen molar-refractivity contribution < 1.29 is 14.6 Å². The van der Waals surface area contributed by atoms with Crippen LogP contribution in [0.1, 0.15) is 6.42 Å². The van der Waals surface area contributed by atoms with Gasteiger partial charge in [0.05, 0.1) is 0 Å². The smallest absolute Gasteiger partial charge is 0.358 e. The van der Waals surface area contributed by atoms with E-state index in [2.05, 4.69) is 4.99 Å².